The lowest BCUT2D eigenvalue weighted by atomic mass is 10.0. The first-order valence-corrected chi connectivity index (χ1v) is 16.8. The molecule has 3 aliphatic heterocycles. The quantitative estimate of drug-likeness (QED) is 0.113. The van der Waals surface area contributed by atoms with Crippen molar-refractivity contribution in [2.24, 2.45) is 0 Å². The molecule has 15 heteroatoms. The van der Waals surface area contributed by atoms with E-state index in [-0.39, 0.29) is 49.0 Å². The molecule has 3 aliphatic rings. The van der Waals surface area contributed by atoms with E-state index in [9.17, 15) is 18.0 Å². The number of carbonyl (C=O) groups is 1. The molecule has 0 amide bonds. The van der Waals surface area contributed by atoms with E-state index in [1.54, 1.807) is 12.1 Å². The van der Waals surface area contributed by atoms with Gasteiger partial charge >= 0.3 is 19.1 Å². The van der Waals surface area contributed by atoms with Crippen molar-refractivity contribution < 1.29 is 41.3 Å². The molecular formula is C34H35F4N5O5S. The minimum absolute atomic E-state index is 0.000283. The Labute approximate surface area is 285 Å². The van der Waals surface area contributed by atoms with E-state index >= 15 is 4.39 Å². The van der Waals surface area contributed by atoms with Crippen molar-refractivity contribution in [1.82, 2.24) is 4.90 Å². The van der Waals surface area contributed by atoms with Gasteiger partial charge < -0.3 is 34.5 Å². The summed E-state index contributed by atoms with van der Waals surface area (Å²) in [6, 6.07) is 8.24. The van der Waals surface area contributed by atoms with E-state index in [0.29, 0.717) is 53.5 Å². The van der Waals surface area contributed by atoms with Crippen LogP contribution in [-0.4, -0.2) is 95.2 Å². The molecule has 3 saturated heterocycles. The highest BCUT2D eigenvalue weighted by Gasteiger charge is 2.32. The molecule has 1 unspecified atom stereocenters. The molecule has 2 N–H and O–H groups in total. The number of rotatable bonds is 10. The number of piperidine rings is 1. The fourth-order valence-corrected chi connectivity index (χ4v) is 7.37. The van der Waals surface area contributed by atoms with Crippen LogP contribution in [0.15, 0.2) is 30.3 Å². The number of hydrogen-bond donors (Lipinski definition) is 2. The van der Waals surface area contributed by atoms with Gasteiger partial charge in [0.1, 0.15) is 12.4 Å². The van der Waals surface area contributed by atoms with E-state index in [0.717, 1.165) is 31.6 Å². The Morgan fingerprint density at radius 2 is 1.92 bits per heavy atom. The number of nitrogens with one attached hydrogen (secondary N) is 2. The van der Waals surface area contributed by atoms with Crippen molar-refractivity contribution in [2.75, 3.05) is 81.4 Å². The Morgan fingerprint density at radius 3 is 2.63 bits per heavy atom. The number of anilines is 3. The van der Waals surface area contributed by atoms with Crippen molar-refractivity contribution in [3.05, 3.63) is 58.0 Å². The third kappa shape index (κ3) is 8.78. The highest BCUT2D eigenvalue weighted by molar-refractivity contribution is 7.20. The predicted octanol–water partition coefficient (Wildman–Crippen LogP) is 6.11. The standard InChI is InChI=1S/C34H35F4N5O5S/c1-39-21-47-30-17-29(43-12-14-45-15-13-43)26(35)16-28(30)40-9-3-6-31-25(18-34(36,37)38)24-4-2-5-27(32(24)49-31)41-22-7-10-42(11-8-22)19-23-20-46-33(44)48-23/h2,4-5,16-17,22-23,40-41H,7-15,18-21H2. The normalized spacial score (nSPS) is 18.7. The summed E-state index contributed by atoms with van der Waals surface area (Å²) >= 11 is 1.21. The summed E-state index contributed by atoms with van der Waals surface area (Å²) < 4.78 is 78.1. The van der Waals surface area contributed by atoms with E-state index < -0.39 is 24.6 Å². The number of carbonyl (C=O) groups excluding carboxylic acids is 1. The van der Waals surface area contributed by atoms with Crippen LogP contribution in [-0.2, 0) is 20.6 Å². The molecule has 3 fully saturated rings. The number of halogens is 4. The van der Waals surface area contributed by atoms with Crippen molar-refractivity contribution in [1.29, 1.82) is 0 Å². The lowest BCUT2D eigenvalue weighted by molar-refractivity contribution is -0.126. The Kier molecular flexibility index (Phi) is 10.8. The van der Waals surface area contributed by atoms with Gasteiger partial charge in [-0.15, -0.1) is 11.3 Å². The summed E-state index contributed by atoms with van der Waals surface area (Å²) in [5.41, 5.74) is 1.50. The van der Waals surface area contributed by atoms with Gasteiger partial charge in [0.2, 0.25) is 0 Å². The number of likely N-dealkylation sites (tertiary alicyclic amines) is 1. The van der Waals surface area contributed by atoms with Crippen LogP contribution in [0.5, 0.6) is 5.75 Å². The lowest BCUT2D eigenvalue weighted by Crippen LogP contribution is -2.43. The Bertz CT molecular complexity index is 1750. The molecule has 0 radical (unpaired) electrons. The van der Waals surface area contributed by atoms with Crippen LogP contribution >= 0.6 is 11.3 Å². The number of hydrogen-bond acceptors (Lipinski definition) is 10. The number of benzene rings is 2. The molecule has 0 spiro atoms. The van der Waals surface area contributed by atoms with Crippen molar-refractivity contribution in [3.8, 4) is 17.6 Å². The minimum atomic E-state index is -4.44. The molecule has 2 aromatic carbocycles. The number of ether oxygens (including phenoxy) is 4. The largest absolute Gasteiger partial charge is 0.508 e. The molecule has 4 heterocycles. The zero-order chi connectivity index (χ0) is 34.4. The monoisotopic (exact) mass is 701 g/mol. The number of thiophene rings is 1. The fourth-order valence-electron chi connectivity index (χ4n) is 6.20. The Balaban J connectivity index is 1.17. The van der Waals surface area contributed by atoms with Gasteiger partial charge in [0.15, 0.2) is 11.9 Å². The number of morpholine rings is 1. The van der Waals surface area contributed by atoms with Gasteiger partial charge in [-0.25, -0.2) is 15.8 Å². The molecule has 1 aromatic heterocycles. The Hall–Kier alpha value is -4.44. The smallest absolute Gasteiger partial charge is 0.430 e. The third-order valence-electron chi connectivity index (χ3n) is 8.51. The number of alkyl halides is 3. The molecule has 49 heavy (non-hydrogen) atoms. The predicted molar refractivity (Wildman–Crippen MR) is 178 cm³/mol. The number of fused-ring (bicyclic) bond motifs is 1. The van der Waals surface area contributed by atoms with Gasteiger partial charge in [-0.1, -0.05) is 24.0 Å². The van der Waals surface area contributed by atoms with Gasteiger partial charge in [0.25, 0.3) is 0 Å². The summed E-state index contributed by atoms with van der Waals surface area (Å²) in [6.45, 7) is 11.2. The first-order valence-electron chi connectivity index (χ1n) is 16.0. The molecule has 6 rings (SSSR count). The van der Waals surface area contributed by atoms with Gasteiger partial charge in [0.05, 0.1) is 52.8 Å². The highest BCUT2D eigenvalue weighted by atomic mass is 32.1. The summed E-state index contributed by atoms with van der Waals surface area (Å²) in [5, 5.41) is 7.05. The summed E-state index contributed by atoms with van der Waals surface area (Å²) in [4.78, 5) is 18.8. The maximum atomic E-state index is 15.2. The Morgan fingerprint density at radius 1 is 1.12 bits per heavy atom. The van der Waals surface area contributed by atoms with Crippen LogP contribution in [0.2, 0.25) is 0 Å². The van der Waals surface area contributed by atoms with Crippen LogP contribution in [0.1, 0.15) is 23.3 Å². The number of nitrogens with zero attached hydrogens (tertiary/aromatic N) is 3. The number of cyclic esters (lactones) is 2. The average molecular weight is 702 g/mol. The molecule has 0 bridgehead atoms. The third-order valence-corrected chi connectivity index (χ3v) is 9.71. The van der Waals surface area contributed by atoms with Gasteiger partial charge in [-0.05, 0) is 29.9 Å². The molecule has 0 aliphatic carbocycles. The van der Waals surface area contributed by atoms with E-state index in [2.05, 4.69) is 32.2 Å². The van der Waals surface area contributed by atoms with E-state index in [4.69, 9.17) is 25.5 Å². The second-order valence-electron chi connectivity index (χ2n) is 11.9. The maximum Gasteiger partial charge on any atom is 0.508 e. The van der Waals surface area contributed by atoms with Crippen LogP contribution in [0, 0.1) is 24.2 Å². The van der Waals surface area contributed by atoms with Crippen LogP contribution in [0.4, 0.5) is 39.4 Å². The highest BCUT2D eigenvalue weighted by Crippen LogP contribution is 2.40. The van der Waals surface area contributed by atoms with Crippen LogP contribution in [0.25, 0.3) is 14.9 Å². The first kappa shape index (κ1) is 34.4. The maximum absolute atomic E-state index is 15.2. The van der Waals surface area contributed by atoms with Crippen molar-refractivity contribution >= 4 is 44.6 Å². The second kappa shape index (κ2) is 15.4. The van der Waals surface area contributed by atoms with Crippen molar-refractivity contribution in [2.45, 2.75) is 37.6 Å². The first-order chi connectivity index (χ1) is 23.7. The zero-order valence-electron chi connectivity index (χ0n) is 26.5. The molecule has 0 saturated carbocycles. The zero-order valence-corrected chi connectivity index (χ0v) is 27.4. The molecule has 1 atom stereocenters. The molecule has 10 nitrogen and oxygen atoms in total. The average Bonchev–Trinajstić information content (AvgIpc) is 3.65. The molecular weight excluding hydrogens is 666 g/mol. The van der Waals surface area contributed by atoms with Crippen LogP contribution in [0.3, 0.4) is 0 Å². The van der Waals surface area contributed by atoms with E-state index in [1.807, 2.05) is 11.0 Å². The lowest BCUT2D eigenvalue weighted by Gasteiger charge is -2.33. The topological polar surface area (TPSA) is 88.9 Å². The second-order valence-corrected chi connectivity index (χ2v) is 12.9. The van der Waals surface area contributed by atoms with Crippen molar-refractivity contribution in [3.63, 3.8) is 0 Å². The van der Waals surface area contributed by atoms with E-state index in [1.165, 1.54) is 23.5 Å². The molecule has 3 aromatic rings. The summed E-state index contributed by atoms with van der Waals surface area (Å²) in [5.74, 6) is 5.63. The SMILES string of the molecule is [C-]#[N+]COc1cc(N2CCOCC2)c(F)cc1NCC#Cc1sc2c(NC3CCN(CC4COC(=O)O4)CC3)cccc2c1CC(F)(F)F. The van der Waals surface area contributed by atoms with Gasteiger partial charge in [0, 0.05) is 50.9 Å². The minimum Gasteiger partial charge on any atom is -0.430 e. The summed E-state index contributed by atoms with van der Waals surface area (Å²) in [6.07, 6.45) is -4.85. The summed E-state index contributed by atoms with van der Waals surface area (Å²) in [7, 11) is 0. The van der Waals surface area contributed by atoms with Crippen LogP contribution < -0.4 is 20.3 Å². The molecule has 260 valence electrons. The van der Waals surface area contributed by atoms with Gasteiger partial charge in [-0.2, -0.15) is 13.2 Å². The fraction of sp³-hybridized carbons (Fsp3) is 0.471. The van der Waals surface area contributed by atoms with Gasteiger partial charge in [-0.3, -0.25) is 9.74 Å².